The summed E-state index contributed by atoms with van der Waals surface area (Å²) >= 11 is 0. The minimum absolute atomic E-state index is 0.0876. The molecular formula is C15H24N4O2. The lowest BCUT2D eigenvalue weighted by Crippen LogP contribution is -2.61. The van der Waals surface area contributed by atoms with E-state index in [-0.39, 0.29) is 11.4 Å². The van der Waals surface area contributed by atoms with E-state index in [0.29, 0.717) is 5.69 Å². The Morgan fingerprint density at radius 2 is 2.14 bits per heavy atom. The van der Waals surface area contributed by atoms with Crippen LogP contribution in [0.1, 0.15) is 30.3 Å². The second kappa shape index (κ2) is 5.77. The predicted octanol–water partition coefficient (Wildman–Crippen LogP) is 0.747. The molecule has 0 N–H and O–H groups in total. The van der Waals surface area contributed by atoms with E-state index in [9.17, 15) is 4.79 Å². The first-order chi connectivity index (χ1) is 10.2. The second-order valence-electron chi connectivity index (χ2n) is 6.04. The quantitative estimate of drug-likeness (QED) is 0.807. The fraction of sp³-hybridized carbons (Fsp3) is 0.733. The van der Waals surface area contributed by atoms with E-state index >= 15 is 0 Å². The van der Waals surface area contributed by atoms with Gasteiger partial charge in [-0.25, -0.2) is 4.98 Å². The number of carbonyl (C=O) groups is 1. The van der Waals surface area contributed by atoms with Gasteiger partial charge in [0.1, 0.15) is 5.69 Å². The van der Waals surface area contributed by atoms with Crippen molar-refractivity contribution in [1.29, 1.82) is 0 Å². The molecule has 0 atom stereocenters. The molecule has 0 unspecified atom stereocenters. The van der Waals surface area contributed by atoms with E-state index in [4.69, 9.17) is 4.74 Å². The largest absolute Gasteiger partial charge is 0.378 e. The molecule has 0 bridgehead atoms. The van der Waals surface area contributed by atoms with E-state index < -0.39 is 0 Å². The Balaban J connectivity index is 1.67. The third kappa shape index (κ3) is 2.58. The Hall–Kier alpha value is -1.40. The van der Waals surface area contributed by atoms with Crippen LogP contribution in [0.4, 0.5) is 0 Å². The van der Waals surface area contributed by atoms with E-state index in [2.05, 4.69) is 16.8 Å². The zero-order valence-corrected chi connectivity index (χ0v) is 12.9. The maximum atomic E-state index is 12.5. The summed E-state index contributed by atoms with van der Waals surface area (Å²) in [5, 5.41) is 0. The molecule has 1 aromatic rings. The first kappa shape index (κ1) is 14.5. The Morgan fingerprint density at radius 3 is 2.76 bits per heavy atom. The standard InChI is InChI=1S/C15H24N4O2/c1-3-19-8-9-21-11-15(19)4-6-18(7-5-15)14(20)13-10-16-12-17(13)2/h10,12H,3-9,11H2,1-2H3. The highest BCUT2D eigenvalue weighted by Crippen LogP contribution is 2.32. The van der Waals surface area contributed by atoms with Crippen LogP contribution in [0, 0.1) is 0 Å². The monoisotopic (exact) mass is 292 g/mol. The van der Waals surface area contributed by atoms with Crippen LogP contribution < -0.4 is 0 Å². The summed E-state index contributed by atoms with van der Waals surface area (Å²) < 4.78 is 7.51. The number of aryl methyl sites for hydroxylation is 1. The van der Waals surface area contributed by atoms with Crippen molar-refractivity contribution in [1.82, 2.24) is 19.4 Å². The minimum Gasteiger partial charge on any atom is -0.378 e. The molecule has 3 rings (SSSR count). The highest BCUT2D eigenvalue weighted by atomic mass is 16.5. The number of piperidine rings is 1. The summed E-state index contributed by atoms with van der Waals surface area (Å²) in [4.78, 5) is 21.0. The highest BCUT2D eigenvalue weighted by Gasteiger charge is 2.42. The van der Waals surface area contributed by atoms with Gasteiger partial charge in [0.15, 0.2) is 0 Å². The molecule has 2 aliphatic rings. The van der Waals surface area contributed by atoms with Crippen molar-refractivity contribution in [3.8, 4) is 0 Å². The van der Waals surface area contributed by atoms with Crippen molar-refractivity contribution in [2.24, 2.45) is 7.05 Å². The number of carbonyl (C=O) groups excluding carboxylic acids is 1. The molecule has 6 heteroatoms. The summed E-state index contributed by atoms with van der Waals surface area (Å²) in [6.45, 7) is 7.49. The Labute approximate surface area is 125 Å². The minimum atomic E-state index is 0.0876. The molecule has 0 saturated carbocycles. The second-order valence-corrected chi connectivity index (χ2v) is 6.04. The number of imidazole rings is 1. The van der Waals surface area contributed by atoms with Crippen LogP contribution in [0.25, 0.3) is 0 Å². The van der Waals surface area contributed by atoms with Crippen LogP contribution in [0.15, 0.2) is 12.5 Å². The van der Waals surface area contributed by atoms with Gasteiger partial charge < -0.3 is 14.2 Å². The van der Waals surface area contributed by atoms with Crippen molar-refractivity contribution >= 4 is 5.91 Å². The summed E-state index contributed by atoms with van der Waals surface area (Å²) in [6, 6.07) is 0. The predicted molar refractivity (Wildman–Crippen MR) is 79.1 cm³/mol. The van der Waals surface area contributed by atoms with Gasteiger partial charge in [0.05, 0.1) is 25.7 Å². The number of likely N-dealkylation sites (N-methyl/N-ethyl adjacent to an activating group) is 1. The molecule has 6 nitrogen and oxygen atoms in total. The number of hydrogen-bond donors (Lipinski definition) is 0. The summed E-state index contributed by atoms with van der Waals surface area (Å²) in [5.41, 5.74) is 0.800. The van der Waals surface area contributed by atoms with E-state index in [1.807, 2.05) is 11.9 Å². The fourth-order valence-corrected chi connectivity index (χ4v) is 3.57. The maximum Gasteiger partial charge on any atom is 0.272 e. The number of rotatable bonds is 2. The smallest absolute Gasteiger partial charge is 0.272 e. The van der Waals surface area contributed by atoms with E-state index in [1.54, 1.807) is 17.1 Å². The molecule has 0 aliphatic carbocycles. The summed E-state index contributed by atoms with van der Waals surface area (Å²) in [6.07, 6.45) is 5.30. The van der Waals surface area contributed by atoms with Gasteiger partial charge in [-0.3, -0.25) is 9.69 Å². The molecule has 21 heavy (non-hydrogen) atoms. The lowest BCUT2D eigenvalue weighted by Gasteiger charge is -2.50. The topological polar surface area (TPSA) is 50.6 Å². The number of amides is 1. The van der Waals surface area contributed by atoms with Crippen LogP contribution >= 0.6 is 0 Å². The molecule has 2 saturated heterocycles. The number of morpholine rings is 1. The molecule has 116 valence electrons. The first-order valence-electron chi connectivity index (χ1n) is 7.75. The molecule has 1 spiro atoms. The van der Waals surface area contributed by atoms with Gasteiger partial charge in [-0.15, -0.1) is 0 Å². The highest BCUT2D eigenvalue weighted by molar-refractivity contribution is 5.92. The molecule has 0 aromatic carbocycles. The molecule has 0 radical (unpaired) electrons. The lowest BCUT2D eigenvalue weighted by atomic mass is 9.85. The number of likely N-dealkylation sites (tertiary alicyclic amines) is 1. The third-order valence-electron chi connectivity index (χ3n) is 4.95. The first-order valence-corrected chi connectivity index (χ1v) is 7.75. The average Bonchev–Trinajstić information content (AvgIpc) is 2.94. The Bertz CT molecular complexity index is 506. The van der Waals surface area contributed by atoms with Gasteiger partial charge in [0.25, 0.3) is 5.91 Å². The summed E-state index contributed by atoms with van der Waals surface area (Å²) in [5.74, 6) is 0.0876. The summed E-state index contributed by atoms with van der Waals surface area (Å²) in [7, 11) is 1.86. The van der Waals surface area contributed by atoms with Gasteiger partial charge in [-0.2, -0.15) is 0 Å². The molecule has 1 amide bonds. The molecule has 1 aromatic heterocycles. The zero-order valence-electron chi connectivity index (χ0n) is 12.9. The Morgan fingerprint density at radius 1 is 1.38 bits per heavy atom. The van der Waals surface area contributed by atoms with Crippen LogP contribution in [0.3, 0.4) is 0 Å². The van der Waals surface area contributed by atoms with Crippen LogP contribution in [0.2, 0.25) is 0 Å². The van der Waals surface area contributed by atoms with Crippen LogP contribution in [0.5, 0.6) is 0 Å². The number of aromatic nitrogens is 2. The molecule has 3 heterocycles. The van der Waals surface area contributed by atoms with Gasteiger partial charge in [0.2, 0.25) is 0 Å². The van der Waals surface area contributed by atoms with Gasteiger partial charge in [-0.05, 0) is 19.4 Å². The molecule has 2 fully saturated rings. The third-order valence-corrected chi connectivity index (χ3v) is 4.95. The number of hydrogen-bond acceptors (Lipinski definition) is 4. The van der Waals surface area contributed by atoms with Crippen molar-refractivity contribution in [3.63, 3.8) is 0 Å². The average molecular weight is 292 g/mol. The van der Waals surface area contributed by atoms with Crippen LogP contribution in [-0.2, 0) is 11.8 Å². The number of ether oxygens (including phenoxy) is 1. The lowest BCUT2D eigenvalue weighted by molar-refractivity contribution is -0.0894. The van der Waals surface area contributed by atoms with E-state index in [0.717, 1.165) is 52.2 Å². The van der Waals surface area contributed by atoms with Crippen molar-refractivity contribution in [3.05, 3.63) is 18.2 Å². The van der Waals surface area contributed by atoms with Crippen molar-refractivity contribution in [2.75, 3.05) is 39.4 Å². The zero-order chi connectivity index (χ0) is 14.9. The molecule has 2 aliphatic heterocycles. The fourth-order valence-electron chi connectivity index (χ4n) is 3.57. The number of nitrogens with zero attached hydrogens (tertiary/aromatic N) is 4. The van der Waals surface area contributed by atoms with Gasteiger partial charge in [-0.1, -0.05) is 6.92 Å². The molecular weight excluding hydrogens is 268 g/mol. The van der Waals surface area contributed by atoms with Gasteiger partial charge in [0, 0.05) is 32.2 Å². The van der Waals surface area contributed by atoms with Crippen molar-refractivity contribution < 1.29 is 9.53 Å². The van der Waals surface area contributed by atoms with Crippen LogP contribution in [-0.4, -0.2) is 70.2 Å². The SMILES string of the molecule is CCN1CCOCC12CCN(C(=O)c1cncn1C)CC2. The maximum absolute atomic E-state index is 12.5. The van der Waals surface area contributed by atoms with Gasteiger partial charge >= 0.3 is 0 Å². The van der Waals surface area contributed by atoms with Crippen molar-refractivity contribution in [2.45, 2.75) is 25.3 Å². The normalized spacial score (nSPS) is 22.7. The Kier molecular flexibility index (Phi) is 3.99. The van der Waals surface area contributed by atoms with E-state index in [1.165, 1.54) is 0 Å².